The Morgan fingerprint density at radius 1 is 1.09 bits per heavy atom. The molecule has 4 heteroatoms. The summed E-state index contributed by atoms with van der Waals surface area (Å²) < 4.78 is 5.22. The zero-order valence-corrected chi connectivity index (χ0v) is 13.3. The summed E-state index contributed by atoms with van der Waals surface area (Å²) in [5, 5.41) is 4.60. The van der Waals surface area contributed by atoms with Gasteiger partial charge in [-0.05, 0) is 49.4 Å². The van der Waals surface area contributed by atoms with Crippen LogP contribution in [0.25, 0.3) is 22.2 Å². The van der Waals surface area contributed by atoms with Gasteiger partial charge in [0, 0.05) is 23.2 Å². The number of anilines is 1. The van der Waals surface area contributed by atoms with Crippen LogP contribution in [0.3, 0.4) is 0 Å². The molecule has 0 aliphatic carbocycles. The van der Waals surface area contributed by atoms with Crippen LogP contribution in [0, 0.1) is 0 Å². The van der Waals surface area contributed by atoms with Crippen LogP contribution in [-0.2, 0) is 0 Å². The summed E-state index contributed by atoms with van der Waals surface area (Å²) in [5.41, 5.74) is 9.68. The van der Waals surface area contributed by atoms with E-state index < -0.39 is 0 Å². The molecule has 0 bridgehead atoms. The lowest BCUT2D eigenvalue weighted by atomic mass is 10.1. The van der Waals surface area contributed by atoms with E-state index in [0.717, 1.165) is 46.6 Å². The van der Waals surface area contributed by atoms with E-state index in [-0.39, 0.29) is 0 Å². The number of methoxy groups -OCH3 is 1. The molecule has 0 atom stereocenters. The molecule has 23 heavy (non-hydrogen) atoms. The number of rotatable bonds is 6. The molecule has 3 N–H and O–H groups in total. The molecule has 3 rings (SSSR count). The van der Waals surface area contributed by atoms with E-state index in [2.05, 4.69) is 17.4 Å². The highest BCUT2D eigenvalue weighted by atomic mass is 16.5. The van der Waals surface area contributed by atoms with Gasteiger partial charge in [-0.2, -0.15) is 0 Å². The second-order valence-electron chi connectivity index (χ2n) is 5.37. The lowest BCUT2D eigenvalue weighted by Crippen LogP contribution is -2.09. The molecule has 0 amide bonds. The van der Waals surface area contributed by atoms with Crippen LogP contribution in [0.15, 0.2) is 54.6 Å². The van der Waals surface area contributed by atoms with E-state index in [1.807, 2.05) is 42.5 Å². The van der Waals surface area contributed by atoms with Crippen molar-refractivity contribution in [2.24, 2.45) is 5.73 Å². The molecule has 0 radical (unpaired) electrons. The summed E-state index contributed by atoms with van der Waals surface area (Å²) in [5.74, 6) is 0.843. The smallest absolute Gasteiger partial charge is 0.118 e. The van der Waals surface area contributed by atoms with Gasteiger partial charge in [0.05, 0.1) is 18.3 Å². The number of nitrogens with zero attached hydrogens (tertiary/aromatic N) is 1. The van der Waals surface area contributed by atoms with E-state index >= 15 is 0 Å². The highest BCUT2D eigenvalue weighted by Crippen LogP contribution is 2.29. The molecular formula is C19H21N3O. The van der Waals surface area contributed by atoms with Crippen molar-refractivity contribution in [2.75, 3.05) is 25.5 Å². The molecule has 1 aromatic heterocycles. The molecule has 4 nitrogen and oxygen atoms in total. The fourth-order valence-corrected chi connectivity index (χ4v) is 2.56. The quantitative estimate of drug-likeness (QED) is 0.682. The van der Waals surface area contributed by atoms with Crippen molar-refractivity contribution in [3.63, 3.8) is 0 Å². The molecule has 0 saturated heterocycles. The highest BCUT2D eigenvalue weighted by molar-refractivity contribution is 5.93. The van der Waals surface area contributed by atoms with Crippen LogP contribution in [0.4, 0.5) is 5.69 Å². The normalized spacial score (nSPS) is 10.7. The van der Waals surface area contributed by atoms with Crippen molar-refractivity contribution in [3.8, 4) is 17.0 Å². The number of hydrogen-bond donors (Lipinski definition) is 2. The Kier molecular flexibility index (Phi) is 4.74. The second kappa shape index (κ2) is 7.11. The number of benzene rings is 2. The second-order valence-corrected chi connectivity index (χ2v) is 5.37. The van der Waals surface area contributed by atoms with Gasteiger partial charge in [0.25, 0.3) is 0 Å². The van der Waals surface area contributed by atoms with Crippen molar-refractivity contribution < 1.29 is 4.74 Å². The molecule has 2 aromatic carbocycles. The molecular weight excluding hydrogens is 286 g/mol. The fourth-order valence-electron chi connectivity index (χ4n) is 2.56. The summed E-state index contributed by atoms with van der Waals surface area (Å²) in [6.07, 6.45) is 0.939. The average molecular weight is 307 g/mol. The Bertz CT molecular complexity index is 784. The first-order valence-corrected chi connectivity index (χ1v) is 7.80. The number of aromatic nitrogens is 1. The third kappa shape index (κ3) is 3.43. The minimum Gasteiger partial charge on any atom is -0.497 e. The van der Waals surface area contributed by atoms with E-state index in [0.29, 0.717) is 6.54 Å². The van der Waals surface area contributed by atoms with Gasteiger partial charge in [-0.1, -0.05) is 18.2 Å². The third-order valence-electron chi connectivity index (χ3n) is 3.80. The van der Waals surface area contributed by atoms with Gasteiger partial charge >= 0.3 is 0 Å². The largest absolute Gasteiger partial charge is 0.497 e. The summed E-state index contributed by atoms with van der Waals surface area (Å²) in [6.45, 7) is 1.54. The predicted molar refractivity (Wildman–Crippen MR) is 95.9 cm³/mol. The zero-order chi connectivity index (χ0) is 16.1. The maximum Gasteiger partial charge on any atom is 0.118 e. The van der Waals surface area contributed by atoms with Crippen molar-refractivity contribution in [1.29, 1.82) is 0 Å². The maximum absolute atomic E-state index is 5.59. The number of fused-ring (bicyclic) bond motifs is 1. The van der Waals surface area contributed by atoms with Crippen LogP contribution in [0.1, 0.15) is 6.42 Å². The van der Waals surface area contributed by atoms with E-state index in [1.54, 1.807) is 7.11 Å². The minimum atomic E-state index is 0.682. The van der Waals surface area contributed by atoms with E-state index in [9.17, 15) is 0 Å². The predicted octanol–water partition coefficient (Wildman–Crippen LogP) is 3.67. The number of pyridine rings is 1. The van der Waals surface area contributed by atoms with Crippen molar-refractivity contribution in [2.45, 2.75) is 6.42 Å². The molecule has 3 aromatic rings. The maximum atomic E-state index is 5.59. The average Bonchev–Trinajstić information content (AvgIpc) is 2.62. The lowest BCUT2D eigenvalue weighted by Gasteiger charge is -2.12. The summed E-state index contributed by atoms with van der Waals surface area (Å²) in [6, 6.07) is 18.2. The van der Waals surface area contributed by atoms with Gasteiger partial charge < -0.3 is 15.8 Å². The summed E-state index contributed by atoms with van der Waals surface area (Å²) >= 11 is 0. The lowest BCUT2D eigenvalue weighted by molar-refractivity contribution is 0.415. The first-order chi connectivity index (χ1) is 11.3. The Morgan fingerprint density at radius 2 is 1.87 bits per heavy atom. The molecule has 1 heterocycles. The van der Waals surface area contributed by atoms with Crippen molar-refractivity contribution in [3.05, 3.63) is 54.6 Å². The van der Waals surface area contributed by atoms with Crippen LogP contribution < -0.4 is 15.8 Å². The van der Waals surface area contributed by atoms with Gasteiger partial charge in [0.15, 0.2) is 0 Å². The highest BCUT2D eigenvalue weighted by Gasteiger charge is 2.07. The standard InChI is InChI=1S/C19H21N3O/c1-23-15-9-7-14(8-10-15)18-13-19(21-12-4-11-20)16-5-2-3-6-17(16)22-18/h2-3,5-10,13H,4,11-12,20H2,1H3,(H,21,22). The fraction of sp³-hybridized carbons (Fsp3) is 0.211. The zero-order valence-electron chi connectivity index (χ0n) is 13.3. The van der Waals surface area contributed by atoms with Crippen molar-refractivity contribution >= 4 is 16.6 Å². The molecule has 0 spiro atoms. The monoisotopic (exact) mass is 307 g/mol. The Hall–Kier alpha value is -2.59. The molecule has 0 aliphatic heterocycles. The first kappa shape index (κ1) is 15.3. The van der Waals surface area contributed by atoms with Gasteiger partial charge in [0.2, 0.25) is 0 Å². The Labute approximate surface area is 136 Å². The van der Waals surface area contributed by atoms with Crippen LogP contribution in [-0.4, -0.2) is 25.2 Å². The first-order valence-electron chi connectivity index (χ1n) is 7.80. The van der Waals surface area contributed by atoms with Gasteiger partial charge in [-0.3, -0.25) is 0 Å². The minimum absolute atomic E-state index is 0.682. The molecule has 0 unspecified atom stereocenters. The van der Waals surface area contributed by atoms with Crippen LogP contribution >= 0.6 is 0 Å². The number of ether oxygens (including phenoxy) is 1. The molecule has 0 saturated carbocycles. The van der Waals surface area contributed by atoms with Crippen LogP contribution in [0.2, 0.25) is 0 Å². The van der Waals surface area contributed by atoms with Crippen LogP contribution in [0.5, 0.6) is 5.75 Å². The summed E-state index contributed by atoms with van der Waals surface area (Å²) in [7, 11) is 1.67. The number of nitrogens with two attached hydrogens (primary N) is 1. The van der Waals surface area contributed by atoms with Gasteiger partial charge in [-0.15, -0.1) is 0 Å². The molecule has 0 fully saturated rings. The third-order valence-corrected chi connectivity index (χ3v) is 3.80. The van der Waals surface area contributed by atoms with Gasteiger partial charge in [0.1, 0.15) is 5.75 Å². The number of nitrogens with one attached hydrogen (secondary N) is 1. The SMILES string of the molecule is COc1ccc(-c2cc(NCCCN)c3ccccc3n2)cc1. The van der Waals surface area contributed by atoms with E-state index in [1.165, 1.54) is 0 Å². The number of hydrogen-bond acceptors (Lipinski definition) is 4. The summed E-state index contributed by atoms with van der Waals surface area (Å²) in [4.78, 5) is 4.78. The molecule has 0 aliphatic rings. The number of para-hydroxylation sites is 1. The topological polar surface area (TPSA) is 60.2 Å². The Morgan fingerprint density at radius 3 is 2.61 bits per heavy atom. The van der Waals surface area contributed by atoms with E-state index in [4.69, 9.17) is 15.5 Å². The van der Waals surface area contributed by atoms with Gasteiger partial charge in [-0.25, -0.2) is 4.98 Å². The molecule has 118 valence electrons. The Balaban J connectivity index is 2.02. The van der Waals surface area contributed by atoms with Crippen molar-refractivity contribution in [1.82, 2.24) is 4.98 Å².